The Morgan fingerprint density at radius 1 is 1.39 bits per heavy atom. The summed E-state index contributed by atoms with van der Waals surface area (Å²) in [7, 11) is 0. The van der Waals surface area contributed by atoms with E-state index in [4.69, 9.17) is 0 Å². The Balaban J connectivity index is 1.47. The average Bonchev–Trinajstić information content (AvgIpc) is 3.16. The van der Waals surface area contributed by atoms with Crippen LogP contribution in [0.3, 0.4) is 0 Å². The quantitative estimate of drug-likeness (QED) is 0.653. The first-order chi connectivity index (χ1) is 13.3. The van der Waals surface area contributed by atoms with Crippen molar-refractivity contribution < 1.29 is 19.5 Å². The predicted molar refractivity (Wildman–Crippen MR) is 110 cm³/mol. The third kappa shape index (κ3) is 3.16. The van der Waals surface area contributed by atoms with E-state index in [9.17, 15) is 19.5 Å². The van der Waals surface area contributed by atoms with Crippen LogP contribution in [0.1, 0.15) is 27.2 Å². The van der Waals surface area contributed by atoms with Crippen LogP contribution in [-0.4, -0.2) is 74.4 Å². The van der Waals surface area contributed by atoms with Gasteiger partial charge in [0.1, 0.15) is 11.5 Å². The zero-order valence-corrected chi connectivity index (χ0v) is 17.9. The van der Waals surface area contributed by atoms with Crippen molar-refractivity contribution in [3.63, 3.8) is 0 Å². The normalized spacial score (nSPS) is 30.8. The molecular formula is C19H25N3O4S2. The van der Waals surface area contributed by atoms with E-state index < -0.39 is 5.97 Å². The van der Waals surface area contributed by atoms with Gasteiger partial charge in [0.2, 0.25) is 5.91 Å². The predicted octanol–water partition coefficient (Wildman–Crippen LogP) is 1.89. The highest BCUT2D eigenvalue weighted by atomic mass is 32.2. The average molecular weight is 424 g/mol. The SMILES string of the molecule is CC(=O)C[C@H](C)[C@H]1C(=O)N2C(C(=O)O)=C(SC3CN(C4=NCCS4)C3)[C@H](C)[C@H]12. The van der Waals surface area contributed by atoms with Crippen LogP contribution in [0, 0.1) is 17.8 Å². The third-order valence-electron chi connectivity index (χ3n) is 6.00. The summed E-state index contributed by atoms with van der Waals surface area (Å²) in [6, 6.07) is -0.138. The standard InChI is InChI=1S/C19H25N3O4S2/c1-9(6-10(2)23)13-14-11(3)16(15(18(25)26)22(14)17(13)24)28-12-7-21(8-12)19-20-4-5-27-19/h9,11-14H,4-8H2,1-3H3,(H,25,26)/t9-,11+,13+,14+/m0/s1. The molecule has 0 aromatic rings. The van der Waals surface area contributed by atoms with Crippen molar-refractivity contribution in [2.45, 2.75) is 38.5 Å². The summed E-state index contributed by atoms with van der Waals surface area (Å²) < 4.78 is 0. The van der Waals surface area contributed by atoms with Crippen LogP contribution in [0.4, 0.5) is 0 Å². The Morgan fingerprint density at radius 2 is 2.11 bits per heavy atom. The van der Waals surface area contributed by atoms with Gasteiger partial charge < -0.3 is 19.7 Å². The monoisotopic (exact) mass is 423 g/mol. The number of thioether (sulfide) groups is 2. The van der Waals surface area contributed by atoms with Crippen molar-refractivity contribution in [1.82, 2.24) is 9.80 Å². The van der Waals surface area contributed by atoms with Crippen LogP contribution < -0.4 is 0 Å². The van der Waals surface area contributed by atoms with Gasteiger partial charge in [-0.05, 0) is 12.8 Å². The molecule has 1 N–H and O–H groups in total. The maximum atomic E-state index is 12.7. The largest absolute Gasteiger partial charge is 0.477 e. The number of carboxylic acids is 1. The number of hydrogen-bond donors (Lipinski definition) is 1. The molecule has 0 unspecified atom stereocenters. The van der Waals surface area contributed by atoms with Crippen LogP contribution >= 0.6 is 23.5 Å². The minimum Gasteiger partial charge on any atom is -0.477 e. The number of carbonyl (C=O) groups excluding carboxylic acids is 2. The molecule has 4 aliphatic heterocycles. The summed E-state index contributed by atoms with van der Waals surface area (Å²) in [6.45, 7) is 8.07. The van der Waals surface area contributed by atoms with Crippen molar-refractivity contribution >= 4 is 46.4 Å². The summed E-state index contributed by atoms with van der Waals surface area (Å²) >= 11 is 3.39. The van der Waals surface area contributed by atoms with Crippen molar-refractivity contribution in [3.05, 3.63) is 10.6 Å². The highest BCUT2D eigenvalue weighted by molar-refractivity contribution is 8.14. The molecule has 0 radical (unpaired) electrons. The Morgan fingerprint density at radius 3 is 2.68 bits per heavy atom. The van der Waals surface area contributed by atoms with Gasteiger partial charge in [0.15, 0.2) is 5.17 Å². The van der Waals surface area contributed by atoms with Gasteiger partial charge in [-0.1, -0.05) is 25.6 Å². The minimum absolute atomic E-state index is 0.0135. The molecule has 4 heterocycles. The molecule has 4 rings (SSSR count). The number of amides is 1. The van der Waals surface area contributed by atoms with Crippen LogP contribution in [0.15, 0.2) is 15.6 Å². The zero-order valence-electron chi connectivity index (χ0n) is 16.3. The molecule has 0 aromatic heterocycles. The van der Waals surface area contributed by atoms with E-state index in [2.05, 4.69) is 9.89 Å². The molecule has 28 heavy (non-hydrogen) atoms. The fraction of sp³-hybridized carbons (Fsp3) is 0.684. The van der Waals surface area contributed by atoms with Crippen LogP contribution in [0.5, 0.6) is 0 Å². The van der Waals surface area contributed by atoms with Crippen LogP contribution in [0.2, 0.25) is 0 Å². The van der Waals surface area contributed by atoms with Crippen molar-refractivity contribution in [1.29, 1.82) is 0 Å². The Bertz CT molecular complexity index is 790. The van der Waals surface area contributed by atoms with E-state index in [0.29, 0.717) is 11.7 Å². The lowest BCUT2D eigenvalue weighted by Crippen LogP contribution is -2.62. The number of hydrogen-bond acceptors (Lipinski definition) is 7. The summed E-state index contributed by atoms with van der Waals surface area (Å²) in [4.78, 5) is 45.2. The third-order valence-corrected chi connectivity index (χ3v) is 8.48. The topological polar surface area (TPSA) is 90.3 Å². The van der Waals surface area contributed by atoms with Gasteiger partial charge in [-0.2, -0.15) is 0 Å². The van der Waals surface area contributed by atoms with Gasteiger partial charge in [0.25, 0.3) is 0 Å². The van der Waals surface area contributed by atoms with Gasteiger partial charge >= 0.3 is 5.97 Å². The Kier molecular flexibility index (Phi) is 5.24. The summed E-state index contributed by atoms with van der Waals surface area (Å²) in [5.74, 6) is -0.431. The van der Waals surface area contributed by atoms with Gasteiger partial charge in [-0.25, -0.2) is 4.79 Å². The first-order valence-corrected chi connectivity index (χ1v) is 11.5. The lowest BCUT2D eigenvalue weighted by molar-refractivity contribution is -0.160. The number of β-lactam (4-membered cyclic amide) rings is 1. The number of aliphatic carboxylic acids is 1. The van der Waals surface area contributed by atoms with E-state index in [1.54, 1.807) is 23.5 Å². The van der Waals surface area contributed by atoms with Crippen molar-refractivity contribution in [3.8, 4) is 0 Å². The number of aliphatic imine (C=N–C) groups is 1. The molecule has 0 aliphatic carbocycles. The number of fused-ring (bicyclic) bond motifs is 1. The maximum absolute atomic E-state index is 12.7. The number of carboxylic acid groups (broad SMARTS) is 1. The second kappa shape index (κ2) is 7.40. The lowest BCUT2D eigenvalue weighted by Gasteiger charge is -2.47. The molecule has 9 heteroatoms. The van der Waals surface area contributed by atoms with E-state index >= 15 is 0 Å². The smallest absolute Gasteiger partial charge is 0.353 e. The zero-order chi connectivity index (χ0) is 20.2. The fourth-order valence-electron chi connectivity index (χ4n) is 4.71. The molecule has 7 nitrogen and oxygen atoms in total. The van der Waals surface area contributed by atoms with Crippen LogP contribution in [-0.2, 0) is 14.4 Å². The summed E-state index contributed by atoms with van der Waals surface area (Å²) in [5.41, 5.74) is 0.157. The highest BCUT2D eigenvalue weighted by Gasteiger charge is 2.60. The lowest BCUT2D eigenvalue weighted by atomic mass is 9.73. The van der Waals surface area contributed by atoms with Gasteiger partial charge in [0.05, 0.1) is 18.5 Å². The molecular weight excluding hydrogens is 398 g/mol. The van der Waals surface area contributed by atoms with Gasteiger partial charge in [-0.3, -0.25) is 9.79 Å². The Labute approximate surface area is 173 Å². The minimum atomic E-state index is -1.03. The molecule has 4 aliphatic rings. The first-order valence-electron chi connectivity index (χ1n) is 9.68. The van der Waals surface area contributed by atoms with Gasteiger partial charge in [-0.15, -0.1) is 11.8 Å². The molecule has 2 saturated heterocycles. The highest BCUT2D eigenvalue weighted by Crippen LogP contribution is 2.53. The molecule has 1 amide bonds. The number of Topliss-reactive ketones (excluding diaryl/α,β-unsaturated/α-hetero) is 1. The van der Waals surface area contributed by atoms with E-state index in [1.165, 1.54) is 11.8 Å². The number of rotatable bonds is 6. The van der Waals surface area contributed by atoms with Crippen molar-refractivity contribution in [2.24, 2.45) is 22.7 Å². The second-order valence-electron chi connectivity index (χ2n) is 8.07. The molecule has 0 aromatic carbocycles. The number of nitrogens with zero attached hydrogens (tertiary/aromatic N) is 3. The maximum Gasteiger partial charge on any atom is 0.353 e. The number of ketones is 1. The molecule has 4 atom stereocenters. The van der Waals surface area contributed by atoms with E-state index in [-0.39, 0.29) is 41.2 Å². The first kappa shape index (κ1) is 19.8. The fourth-order valence-corrected chi connectivity index (χ4v) is 7.11. The molecule has 0 bridgehead atoms. The number of carbonyl (C=O) groups is 3. The molecule has 2 fully saturated rings. The summed E-state index contributed by atoms with van der Waals surface area (Å²) in [6.07, 6.45) is 0.357. The van der Waals surface area contributed by atoms with E-state index in [1.807, 2.05) is 13.8 Å². The molecule has 0 saturated carbocycles. The number of likely N-dealkylation sites (tertiary alicyclic amines) is 1. The molecule has 0 spiro atoms. The number of amidine groups is 1. The summed E-state index contributed by atoms with van der Waals surface area (Å²) in [5, 5.41) is 11.2. The molecule has 152 valence electrons. The van der Waals surface area contributed by atoms with Crippen molar-refractivity contribution in [2.75, 3.05) is 25.4 Å². The Hall–Kier alpha value is -1.48. The second-order valence-corrected chi connectivity index (χ2v) is 10.5. The van der Waals surface area contributed by atoms with Gasteiger partial charge in [0, 0.05) is 41.3 Å². The van der Waals surface area contributed by atoms with E-state index in [0.717, 1.165) is 35.5 Å². The van der Waals surface area contributed by atoms with Crippen LogP contribution in [0.25, 0.3) is 0 Å².